The average Bonchev–Trinajstić information content (AvgIpc) is 2.39. The van der Waals surface area contributed by atoms with Gasteiger partial charge in [-0.05, 0) is 13.8 Å². The van der Waals surface area contributed by atoms with Crippen LogP contribution in [-0.2, 0) is 4.79 Å². The number of aromatic carboxylic acids is 1. The predicted molar refractivity (Wildman–Crippen MR) is 70.2 cm³/mol. The van der Waals surface area contributed by atoms with E-state index in [-0.39, 0.29) is 29.8 Å². The molecule has 1 rings (SSSR count). The van der Waals surface area contributed by atoms with Crippen molar-refractivity contribution >= 4 is 18.0 Å². The van der Waals surface area contributed by atoms with Crippen molar-refractivity contribution in [1.29, 1.82) is 0 Å². The van der Waals surface area contributed by atoms with Gasteiger partial charge in [0.05, 0.1) is 18.2 Å². The number of nitrogens with one attached hydrogen (secondary N) is 1. The highest BCUT2D eigenvalue weighted by Gasteiger charge is 2.17. The maximum Gasteiger partial charge on any atom is 0.420 e. The predicted octanol–water partition coefficient (Wildman–Crippen LogP) is 0.141. The molecule has 0 aromatic carbocycles. The van der Waals surface area contributed by atoms with Crippen molar-refractivity contribution in [3.05, 3.63) is 17.8 Å². The zero-order valence-electron chi connectivity index (χ0n) is 11.5. The number of carboxylic acid groups (broad SMARTS) is 1. The molecule has 0 aliphatic heterocycles. The molecule has 4 N–H and O–H groups in total. The van der Waals surface area contributed by atoms with E-state index in [9.17, 15) is 14.4 Å². The summed E-state index contributed by atoms with van der Waals surface area (Å²) in [6.45, 7) is 3.03. The number of hydrogen-bond acceptors (Lipinski definition) is 7. The number of imide groups is 1. The van der Waals surface area contributed by atoms with Gasteiger partial charge in [0.2, 0.25) is 5.91 Å². The standard InChI is InChI=1S/C12H15N3O6/c1-6(2)20-8-3-7(11(17)18)5-14-10(8)21-12(19)15-9(16)4-13/h3,5-6H,4,13H2,1-2H3,(H,17,18)(H,15,16,19). The first-order valence-corrected chi connectivity index (χ1v) is 5.95. The molecule has 1 aromatic rings. The molecule has 0 saturated carbocycles. The highest BCUT2D eigenvalue weighted by molar-refractivity contribution is 5.93. The van der Waals surface area contributed by atoms with E-state index < -0.39 is 18.0 Å². The second kappa shape index (κ2) is 7.20. The van der Waals surface area contributed by atoms with E-state index in [4.69, 9.17) is 20.3 Å². The smallest absolute Gasteiger partial charge is 0.420 e. The summed E-state index contributed by atoms with van der Waals surface area (Å²) < 4.78 is 10.1. The van der Waals surface area contributed by atoms with Gasteiger partial charge in [0.15, 0.2) is 5.75 Å². The normalized spacial score (nSPS) is 10.1. The summed E-state index contributed by atoms with van der Waals surface area (Å²) in [6.07, 6.45) is -0.385. The quantitative estimate of drug-likeness (QED) is 0.697. The van der Waals surface area contributed by atoms with Crippen molar-refractivity contribution in [2.24, 2.45) is 5.73 Å². The zero-order valence-corrected chi connectivity index (χ0v) is 11.5. The lowest BCUT2D eigenvalue weighted by molar-refractivity contribution is -0.118. The molecule has 0 unspecified atom stereocenters. The Kier molecular flexibility index (Phi) is 5.61. The summed E-state index contributed by atoms with van der Waals surface area (Å²) in [5.74, 6) is -2.21. The fraction of sp³-hybridized carbons (Fsp3) is 0.333. The molecule has 0 saturated heterocycles. The molecule has 0 aliphatic rings. The molecule has 0 atom stereocenters. The molecule has 114 valence electrons. The largest absolute Gasteiger partial charge is 0.485 e. The lowest BCUT2D eigenvalue weighted by Crippen LogP contribution is -2.37. The fourth-order valence-corrected chi connectivity index (χ4v) is 1.24. The molecular weight excluding hydrogens is 282 g/mol. The molecule has 9 heteroatoms. The van der Waals surface area contributed by atoms with E-state index in [1.165, 1.54) is 6.07 Å². The van der Waals surface area contributed by atoms with Crippen LogP contribution in [0.2, 0.25) is 0 Å². The van der Waals surface area contributed by atoms with Crippen LogP contribution in [0.3, 0.4) is 0 Å². The van der Waals surface area contributed by atoms with Crippen LogP contribution in [0.5, 0.6) is 11.6 Å². The summed E-state index contributed by atoms with van der Waals surface area (Å²) in [6, 6.07) is 1.17. The monoisotopic (exact) mass is 297 g/mol. The minimum absolute atomic E-state index is 0.0275. The number of aromatic nitrogens is 1. The molecule has 0 aliphatic carbocycles. The molecule has 0 fully saturated rings. The number of ether oxygens (including phenoxy) is 2. The number of pyridine rings is 1. The number of carboxylic acids is 1. The van der Waals surface area contributed by atoms with Crippen LogP contribution in [0, 0.1) is 0 Å². The number of carbonyl (C=O) groups excluding carboxylic acids is 2. The summed E-state index contributed by atoms with van der Waals surface area (Å²) in [4.78, 5) is 36.9. The van der Waals surface area contributed by atoms with Gasteiger partial charge >= 0.3 is 12.1 Å². The molecule has 9 nitrogen and oxygen atoms in total. The van der Waals surface area contributed by atoms with Crippen LogP contribution < -0.4 is 20.5 Å². The van der Waals surface area contributed by atoms with E-state index in [0.29, 0.717) is 0 Å². The Hall–Kier alpha value is -2.68. The first kappa shape index (κ1) is 16.4. The van der Waals surface area contributed by atoms with Crippen LogP contribution in [0.15, 0.2) is 12.3 Å². The van der Waals surface area contributed by atoms with Gasteiger partial charge in [-0.2, -0.15) is 0 Å². The highest BCUT2D eigenvalue weighted by atomic mass is 16.6. The Morgan fingerprint density at radius 1 is 1.43 bits per heavy atom. The van der Waals surface area contributed by atoms with Crippen LogP contribution in [-0.4, -0.2) is 40.7 Å². The van der Waals surface area contributed by atoms with Gasteiger partial charge in [-0.3, -0.25) is 10.1 Å². The van der Waals surface area contributed by atoms with E-state index in [2.05, 4.69) is 4.98 Å². The van der Waals surface area contributed by atoms with Gasteiger partial charge in [-0.25, -0.2) is 14.6 Å². The second-order valence-corrected chi connectivity index (χ2v) is 4.14. The Bertz CT molecular complexity index is 558. The highest BCUT2D eigenvalue weighted by Crippen LogP contribution is 2.26. The van der Waals surface area contributed by atoms with Crippen molar-refractivity contribution < 1.29 is 29.0 Å². The molecule has 21 heavy (non-hydrogen) atoms. The second-order valence-electron chi connectivity index (χ2n) is 4.14. The third kappa shape index (κ3) is 5.07. The lowest BCUT2D eigenvalue weighted by atomic mass is 10.3. The van der Waals surface area contributed by atoms with Gasteiger partial charge < -0.3 is 20.3 Å². The van der Waals surface area contributed by atoms with Crippen molar-refractivity contribution in [3.8, 4) is 11.6 Å². The van der Waals surface area contributed by atoms with E-state index in [1.54, 1.807) is 13.8 Å². The fourth-order valence-electron chi connectivity index (χ4n) is 1.24. The molecular formula is C12H15N3O6. The van der Waals surface area contributed by atoms with Crippen molar-refractivity contribution in [3.63, 3.8) is 0 Å². The third-order valence-electron chi connectivity index (χ3n) is 2.04. The van der Waals surface area contributed by atoms with Crippen LogP contribution in [0.4, 0.5) is 4.79 Å². The van der Waals surface area contributed by atoms with Gasteiger partial charge in [-0.15, -0.1) is 0 Å². The topological polar surface area (TPSA) is 141 Å². The first-order valence-electron chi connectivity index (χ1n) is 5.95. The first-order chi connectivity index (χ1) is 9.83. The Balaban J connectivity index is 2.96. The SMILES string of the molecule is CC(C)Oc1cc(C(=O)O)cnc1OC(=O)NC(=O)CN. The molecule has 1 aromatic heterocycles. The van der Waals surface area contributed by atoms with Gasteiger partial charge in [-0.1, -0.05) is 0 Å². The minimum atomic E-state index is -1.20. The zero-order chi connectivity index (χ0) is 16.0. The lowest BCUT2D eigenvalue weighted by Gasteiger charge is -2.13. The van der Waals surface area contributed by atoms with Gasteiger partial charge in [0, 0.05) is 12.3 Å². The number of nitrogens with two attached hydrogens (primary N) is 1. The average molecular weight is 297 g/mol. The van der Waals surface area contributed by atoms with Gasteiger partial charge in [0.25, 0.3) is 5.88 Å². The van der Waals surface area contributed by atoms with Crippen LogP contribution in [0.25, 0.3) is 0 Å². The minimum Gasteiger partial charge on any atom is -0.485 e. The summed E-state index contributed by atoms with van der Waals surface area (Å²) in [7, 11) is 0. The number of nitrogens with zero attached hydrogens (tertiary/aromatic N) is 1. The van der Waals surface area contributed by atoms with Gasteiger partial charge in [0.1, 0.15) is 0 Å². The van der Waals surface area contributed by atoms with Crippen molar-refractivity contribution in [1.82, 2.24) is 10.3 Å². The molecule has 1 heterocycles. The van der Waals surface area contributed by atoms with E-state index in [0.717, 1.165) is 6.20 Å². The summed E-state index contributed by atoms with van der Waals surface area (Å²) in [5.41, 5.74) is 4.91. The number of hydrogen-bond donors (Lipinski definition) is 3. The molecule has 0 bridgehead atoms. The summed E-state index contributed by atoms with van der Waals surface area (Å²) >= 11 is 0. The number of carbonyl (C=O) groups is 3. The molecule has 0 spiro atoms. The van der Waals surface area contributed by atoms with Crippen LogP contribution >= 0.6 is 0 Å². The third-order valence-corrected chi connectivity index (χ3v) is 2.04. The summed E-state index contributed by atoms with van der Waals surface area (Å²) in [5, 5.41) is 10.8. The number of rotatable bonds is 5. The maximum absolute atomic E-state index is 11.4. The van der Waals surface area contributed by atoms with E-state index in [1.807, 2.05) is 5.32 Å². The Morgan fingerprint density at radius 3 is 2.62 bits per heavy atom. The molecule has 2 amide bonds. The number of amides is 2. The Labute approximate surface area is 120 Å². The Morgan fingerprint density at radius 2 is 2.10 bits per heavy atom. The van der Waals surface area contributed by atoms with Crippen LogP contribution in [0.1, 0.15) is 24.2 Å². The van der Waals surface area contributed by atoms with E-state index >= 15 is 0 Å². The maximum atomic E-state index is 11.4. The molecule has 0 radical (unpaired) electrons. The van der Waals surface area contributed by atoms with Crippen molar-refractivity contribution in [2.75, 3.05) is 6.54 Å². The van der Waals surface area contributed by atoms with Crippen molar-refractivity contribution in [2.45, 2.75) is 20.0 Å².